The van der Waals surface area contributed by atoms with Crippen molar-refractivity contribution in [2.45, 2.75) is 44.8 Å². The molecule has 1 N–H and O–H groups in total. The van der Waals surface area contributed by atoms with E-state index in [2.05, 4.69) is 5.32 Å². The molecule has 0 heterocycles. The zero-order chi connectivity index (χ0) is 18.4. The number of thioether (sulfide) groups is 1. The van der Waals surface area contributed by atoms with Crippen molar-refractivity contribution in [2.75, 3.05) is 11.9 Å². The molecule has 1 amide bonds. The maximum atomic E-state index is 13.9. The number of ether oxygens (including phenoxy) is 1. The fourth-order valence-electron chi connectivity index (χ4n) is 1.60. The number of rotatable bonds is 7. The molecule has 0 saturated heterocycles. The molecule has 0 fully saturated rings. The van der Waals surface area contributed by atoms with Gasteiger partial charge in [0.05, 0.1) is 12.3 Å². The van der Waals surface area contributed by atoms with Crippen LogP contribution in [0.15, 0.2) is 17.0 Å². The second-order valence-electron chi connectivity index (χ2n) is 6.19. The molecular weight excluding hydrogens is 336 g/mol. The fraction of sp³-hybridized carbons (Fsp3) is 0.529. The molecule has 134 valence electrons. The van der Waals surface area contributed by atoms with Crippen LogP contribution >= 0.6 is 11.8 Å². The Balaban J connectivity index is 2.87. The quantitative estimate of drug-likeness (QED) is 0.584. The highest BCUT2D eigenvalue weighted by molar-refractivity contribution is 8.00. The Labute approximate surface area is 145 Å². The van der Waals surface area contributed by atoms with Crippen LogP contribution in [0.5, 0.6) is 0 Å². The lowest BCUT2D eigenvalue weighted by atomic mass is 10.2. The van der Waals surface area contributed by atoms with Crippen molar-refractivity contribution in [3.05, 3.63) is 23.8 Å². The van der Waals surface area contributed by atoms with Crippen LogP contribution in [0.4, 0.5) is 14.5 Å². The highest BCUT2D eigenvalue weighted by Gasteiger charge is 2.21. The first kappa shape index (κ1) is 20.4. The van der Waals surface area contributed by atoms with E-state index in [1.165, 1.54) is 6.07 Å². The minimum atomic E-state index is -0.860. The highest BCUT2D eigenvalue weighted by atomic mass is 32.2. The van der Waals surface area contributed by atoms with E-state index in [1.54, 1.807) is 20.8 Å². The fourth-order valence-corrected chi connectivity index (χ4v) is 2.50. The van der Waals surface area contributed by atoms with Gasteiger partial charge in [-0.25, -0.2) is 8.78 Å². The molecule has 0 spiro atoms. The molecule has 0 bridgehead atoms. The summed E-state index contributed by atoms with van der Waals surface area (Å²) in [7, 11) is 0. The Morgan fingerprint density at radius 2 is 1.75 bits per heavy atom. The van der Waals surface area contributed by atoms with Crippen LogP contribution in [0.25, 0.3) is 0 Å². The van der Waals surface area contributed by atoms with Gasteiger partial charge in [-0.2, -0.15) is 0 Å². The number of anilines is 1. The summed E-state index contributed by atoms with van der Waals surface area (Å²) < 4.78 is 32.8. The van der Waals surface area contributed by atoms with Crippen molar-refractivity contribution in [1.29, 1.82) is 0 Å². The van der Waals surface area contributed by atoms with E-state index < -0.39 is 22.9 Å². The molecule has 0 aromatic heterocycles. The summed E-state index contributed by atoms with van der Waals surface area (Å²) in [5.41, 5.74) is -0.111. The van der Waals surface area contributed by atoms with Gasteiger partial charge in [-0.1, -0.05) is 27.7 Å². The Morgan fingerprint density at radius 1 is 1.12 bits per heavy atom. The molecule has 1 atom stereocenters. The maximum Gasteiger partial charge on any atom is 0.319 e. The first-order valence-electron chi connectivity index (χ1n) is 7.75. The minimum absolute atomic E-state index is 0.0736. The predicted octanol–water partition coefficient (Wildman–Crippen LogP) is 4.24. The number of nitrogens with one attached hydrogen (secondary N) is 1. The van der Waals surface area contributed by atoms with Gasteiger partial charge in [0.1, 0.15) is 16.9 Å². The molecule has 0 aliphatic heterocycles. The van der Waals surface area contributed by atoms with Gasteiger partial charge in [0, 0.05) is 16.9 Å². The summed E-state index contributed by atoms with van der Waals surface area (Å²) in [4.78, 5) is 23.6. The summed E-state index contributed by atoms with van der Waals surface area (Å²) in [6, 6.07) is 1.90. The number of benzene rings is 1. The van der Waals surface area contributed by atoms with Crippen molar-refractivity contribution in [2.24, 2.45) is 11.8 Å². The van der Waals surface area contributed by atoms with Crippen LogP contribution in [0.3, 0.4) is 0 Å². The van der Waals surface area contributed by atoms with Crippen LogP contribution in [-0.4, -0.2) is 23.7 Å². The monoisotopic (exact) mass is 359 g/mol. The van der Waals surface area contributed by atoms with E-state index in [9.17, 15) is 18.4 Å². The molecule has 24 heavy (non-hydrogen) atoms. The van der Waals surface area contributed by atoms with E-state index in [0.29, 0.717) is 6.07 Å². The van der Waals surface area contributed by atoms with Gasteiger partial charge in [-0.15, -0.1) is 11.8 Å². The molecule has 0 aliphatic rings. The van der Waals surface area contributed by atoms with Crippen LogP contribution in [0.2, 0.25) is 0 Å². The van der Waals surface area contributed by atoms with Gasteiger partial charge < -0.3 is 10.1 Å². The molecule has 1 rings (SSSR count). The topological polar surface area (TPSA) is 55.4 Å². The molecule has 1 aromatic rings. The van der Waals surface area contributed by atoms with Gasteiger partial charge in [0.2, 0.25) is 5.91 Å². The predicted molar refractivity (Wildman–Crippen MR) is 90.9 cm³/mol. The Bertz CT molecular complexity index is 606. The zero-order valence-electron chi connectivity index (χ0n) is 14.5. The molecular formula is C17H23F2NO3S. The molecule has 1 unspecified atom stereocenters. The van der Waals surface area contributed by atoms with Crippen molar-refractivity contribution in [1.82, 2.24) is 0 Å². The molecule has 0 aliphatic carbocycles. The summed E-state index contributed by atoms with van der Waals surface area (Å²) >= 11 is 0.921. The van der Waals surface area contributed by atoms with E-state index in [-0.39, 0.29) is 34.9 Å². The van der Waals surface area contributed by atoms with Crippen molar-refractivity contribution in [3.63, 3.8) is 0 Å². The Hall–Kier alpha value is -1.63. The van der Waals surface area contributed by atoms with Crippen molar-refractivity contribution in [3.8, 4) is 0 Å². The van der Waals surface area contributed by atoms with Crippen molar-refractivity contribution < 1.29 is 23.1 Å². The summed E-state index contributed by atoms with van der Waals surface area (Å²) in [5.74, 6) is -2.63. The maximum absolute atomic E-state index is 13.9. The van der Waals surface area contributed by atoms with Gasteiger partial charge >= 0.3 is 5.97 Å². The standard InChI is InChI=1S/C17H23F2NO3S/c1-9(2)8-23-17(22)11(5)24-15-7-14(12(18)6-13(15)19)20-16(21)10(3)4/h6-7,9-11H,8H2,1-5H3,(H,20,21). The number of hydrogen-bond donors (Lipinski definition) is 1. The lowest BCUT2D eigenvalue weighted by Gasteiger charge is -2.15. The summed E-state index contributed by atoms with van der Waals surface area (Å²) in [6.45, 7) is 9.02. The van der Waals surface area contributed by atoms with E-state index in [4.69, 9.17) is 4.74 Å². The van der Waals surface area contributed by atoms with Gasteiger partial charge in [-0.05, 0) is 18.9 Å². The molecule has 0 saturated carbocycles. The Kier molecular flexibility index (Phi) is 7.66. The summed E-state index contributed by atoms with van der Waals surface area (Å²) in [6.07, 6.45) is 0. The highest BCUT2D eigenvalue weighted by Crippen LogP contribution is 2.31. The van der Waals surface area contributed by atoms with E-state index in [0.717, 1.165) is 11.8 Å². The van der Waals surface area contributed by atoms with Gasteiger partial charge in [0.15, 0.2) is 0 Å². The molecule has 0 radical (unpaired) electrons. The lowest BCUT2D eigenvalue weighted by Crippen LogP contribution is -2.20. The third-order valence-corrected chi connectivity index (χ3v) is 4.11. The average Bonchev–Trinajstić information content (AvgIpc) is 2.48. The van der Waals surface area contributed by atoms with Crippen LogP contribution in [0.1, 0.15) is 34.6 Å². The van der Waals surface area contributed by atoms with Crippen molar-refractivity contribution >= 4 is 29.3 Å². The SMILES string of the molecule is CC(C)COC(=O)C(C)Sc1cc(NC(=O)C(C)C)c(F)cc1F. The largest absolute Gasteiger partial charge is 0.465 e. The molecule has 7 heteroatoms. The number of hydrogen-bond acceptors (Lipinski definition) is 4. The van der Waals surface area contributed by atoms with Crippen LogP contribution in [-0.2, 0) is 14.3 Å². The average molecular weight is 359 g/mol. The molecule has 4 nitrogen and oxygen atoms in total. The van der Waals surface area contributed by atoms with Crippen LogP contribution < -0.4 is 5.32 Å². The van der Waals surface area contributed by atoms with E-state index in [1.807, 2.05) is 13.8 Å². The first-order valence-corrected chi connectivity index (χ1v) is 8.63. The lowest BCUT2D eigenvalue weighted by molar-refractivity contribution is -0.143. The number of esters is 1. The normalized spacial score (nSPS) is 12.4. The Morgan fingerprint density at radius 3 is 2.29 bits per heavy atom. The summed E-state index contributed by atoms with van der Waals surface area (Å²) in [5, 5.41) is 1.75. The molecule has 1 aromatic carbocycles. The third kappa shape index (κ3) is 6.11. The first-order chi connectivity index (χ1) is 11.1. The third-order valence-electron chi connectivity index (χ3n) is 3.00. The number of carbonyl (C=O) groups is 2. The second kappa shape index (κ2) is 9.01. The van der Waals surface area contributed by atoms with E-state index >= 15 is 0 Å². The zero-order valence-corrected chi connectivity index (χ0v) is 15.3. The van der Waals surface area contributed by atoms with Gasteiger partial charge in [-0.3, -0.25) is 9.59 Å². The number of amides is 1. The number of halogens is 2. The van der Waals surface area contributed by atoms with Gasteiger partial charge in [0.25, 0.3) is 0 Å². The second-order valence-corrected chi connectivity index (χ2v) is 7.57. The minimum Gasteiger partial charge on any atom is -0.465 e. The van der Waals surface area contributed by atoms with Crippen LogP contribution in [0, 0.1) is 23.5 Å². The number of carbonyl (C=O) groups excluding carboxylic acids is 2. The smallest absolute Gasteiger partial charge is 0.319 e.